The van der Waals surface area contributed by atoms with Crippen molar-refractivity contribution in [1.29, 1.82) is 0 Å². The molecule has 0 bridgehead atoms. The predicted octanol–water partition coefficient (Wildman–Crippen LogP) is 2.02. The highest BCUT2D eigenvalue weighted by Gasteiger charge is 2.26. The molecule has 4 nitrogen and oxygen atoms in total. The molecule has 1 atom stereocenters. The largest absolute Gasteiger partial charge is 0.497 e. The molecule has 1 aliphatic rings. The standard InChI is InChI=1S/C14H22N2O2/c1-17-12-5-6-14(18-2)13(10-12)16-9-3-4-11(16)7-8-15/h5-6,10-11H,3-4,7-9,15H2,1-2H3. The van der Waals surface area contributed by atoms with Gasteiger partial charge in [-0.2, -0.15) is 0 Å². The average Bonchev–Trinajstić information content (AvgIpc) is 2.86. The van der Waals surface area contributed by atoms with Gasteiger partial charge in [0.05, 0.1) is 19.9 Å². The summed E-state index contributed by atoms with van der Waals surface area (Å²) in [7, 11) is 3.40. The van der Waals surface area contributed by atoms with Gasteiger partial charge in [-0.25, -0.2) is 0 Å². The Balaban J connectivity index is 2.29. The zero-order valence-corrected chi connectivity index (χ0v) is 11.2. The van der Waals surface area contributed by atoms with E-state index in [-0.39, 0.29) is 0 Å². The van der Waals surface area contributed by atoms with Crippen LogP contribution in [0.15, 0.2) is 18.2 Å². The van der Waals surface area contributed by atoms with E-state index in [9.17, 15) is 0 Å². The van der Waals surface area contributed by atoms with E-state index in [0.717, 1.165) is 36.7 Å². The average molecular weight is 250 g/mol. The van der Waals surface area contributed by atoms with Gasteiger partial charge in [-0.1, -0.05) is 0 Å². The second-order valence-electron chi connectivity index (χ2n) is 4.60. The van der Waals surface area contributed by atoms with Crippen LogP contribution in [-0.2, 0) is 0 Å². The Bertz CT molecular complexity index is 395. The first-order chi connectivity index (χ1) is 8.80. The maximum Gasteiger partial charge on any atom is 0.142 e. The number of ether oxygens (including phenoxy) is 2. The van der Waals surface area contributed by atoms with E-state index in [2.05, 4.69) is 4.90 Å². The SMILES string of the molecule is COc1ccc(OC)c(N2CCCC2CCN)c1. The highest BCUT2D eigenvalue weighted by atomic mass is 16.5. The minimum atomic E-state index is 0.524. The first-order valence-electron chi connectivity index (χ1n) is 6.49. The molecule has 100 valence electrons. The summed E-state index contributed by atoms with van der Waals surface area (Å²) in [5.74, 6) is 1.77. The van der Waals surface area contributed by atoms with Crippen LogP contribution in [0.2, 0.25) is 0 Å². The molecule has 1 aromatic carbocycles. The maximum absolute atomic E-state index is 5.69. The van der Waals surface area contributed by atoms with Crippen LogP contribution in [0, 0.1) is 0 Å². The highest BCUT2D eigenvalue weighted by molar-refractivity contribution is 5.62. The predicted molar refractivity (Wildman–Crippen MR) is 73.6 cm³/mol. The van der Waals surface area contributed by atoms with E-state index in [0.29, 0.717) is 6.04 Å². The van der Waals surface area contributed by atoms with E-state index >= 15 is 0 Å². The molecule has 1 fully saturated rings. The minimum Gasteiger partial charge on any atom is -0.497 e. The Labute approximate surface area is 109 Å². The summed E-state index contributed by atoms with van der Waals surface area (Å²) in [5.41, 5.74) is 6.81. The van der Waals surface area contributed by atoms with Crippen molar-refractivity contribution >= 4 is 5.69 Å². The van der Waals surface area contributed by atoms with Crippen LogP contribution in [0.1, 0.15) is 19.3 Å². The van der Waals surface area contributed by atoms with Gasteiger partial charge in [0.1, 0.15) is 11.5 Å². The third-order valence-corrected chi connectivity index (χ3v) is 3.57. The van der Waals surface area contributed by atoms with Crippen molar-refractivity contribution < 1.29 is 9.47 Å². The quantitative estimate of drug-likeness (QED) is 0.868. The second kappa shape index (κ2) is 5.96. The zero-order valence-electron chi connectivity index (χ0n) is 11.2. The van der Waals surface area contributed by atoms with Crippen LogP contribution >= 0.6 is 0 Å². The Morgan fingerprint density at radius 2 is 2.17 bits per heavy atom. The Kier molecular flexibility index (Phi) is 4.31. The minimum absolute atomic E-state index is 0.524. The third-order valence-electron chi connectivity index (χ3n) is 3.57. The monoisotopic (exact) mass is 250 g/mol. The first-order valence-corrected chi connectivity index (χ1v) is 6.49. The number of benzene rings is 1. The first kappa shape index (κ1) is 13.0. The summed E-state index contributed by atoms with van der Waals surface area (Å²) >= 11 is 0. The molecule has 0 aromatic heterocycles. The van der Waals surface area contributed by atoms with Gasteiger partial charge in [0.2, 0.25) is 0 Å². The van der Waals surface area contributed by atoms with Gasteiger partial charge in [-0.15, -0.1) is 0 Å². The molecule has 1 aliphatic heterocycles. The molecule has 2 rings (SSSR count). The fourth-order valence-electron chi connectivity index (χ4n) is 2.67. The van der Waals surface area contributed by atoms with Gasteiger partial charge >= 0.3 is 0 Å². The van der Waals surface area contributed by atoms with Gasteiger partial charge in [0.15, 0.2) is 0 Å². The topological polar surface area (TPSA) is 47.7 Å². The Morgan fingerprint density at radius 1 is 1.33 bits per heavy atom. The lowest BCUT2D eigenvalue weighted by Gasteiger charge is -2.28. The van der Waals surface area contributed by atoms with Gasteiger partial charge < -0.3 is 20.1 Å². The highest BCUT2D eigenvalue weighted by Crippen LogP contribution is 2.37. The van der Waals surface area contributed by atoms with Gasteiger partial charge in [0.25, 0.3) is 0 Å². The summed E-state index contributed by atoms with van der Waals surface area (Å²) in [4.78, 5) is 2.40. The van der Waals surface area contributed by atoms with Crippen molar-refractivity contribution in [3.63, 3.8) is 0 Å². The molecule has 18 heavy (non-hydrogen) atoms. The fraction of sp³-hybridized carbons (Fsp3) is 0.571. The molecule has 2 N–H and O–H groups in total. The summed E-state index contributed by atoms with van der Waals surface area (Å²) in [6, 6.07) is 6.46. The summed E-state index contributed by atoms with van der Waals surface area (Å²) in [6.07, 6.45) is 3.45. The van der Waals surface area contributed by atoms with Crippen LogP contribution in [0.4, 0.5) is 5.69 Å². The van der Waals surface area contributed by atoms with Crippen LogP contribution in [0.5, 0.6) is 11.5 Å². The summed E-state index contributed by atoms with van der Waals surface area (Å²) < 4.78 is 10.8. The molecule has 0 amide bonds. The number of hydrogen-bond acceptors (Lipinski definition) is 4. The Morgan fingerprint density at radius 3 is 2.83 bits per heavy atom. The zero-order chi connectivity index (χ0) is 13.0. The molecule has 0 radical (unpaired) electrons. The third kappa shape index (κ3) is 2.53. The molecule has 4 heteroatoms. The van der Waals surface area contributed by atoms with E-state index in [1.165, 1.54) is 12.8 Å². The second-order valence-corrected chi connectivity index (χ2v) is 4.60. The van der Waals surface area contributed by atoms with E-state index in [1.54, 1.807) is 14.2 Å². The van der Waals surface area contributed by atoms with Crippen molar-refractivity contribution in [2.24, 2.45) is 5.73 Å². The van der Waals surface area contributed by atoms with E-state index in [1.807, 2.05) is 18.2 Å². The van der Waals surface area contributed by atoms with Crippen LogP contribution in [0.25, 0.3) is 0 Å². The molecule has 0 aliphatic carbocycles. The molecule has 1 unspecified atom stereocenters. The molecule has 1 aromatic rings. The number of methoxy groups -OCH3 is 2. The lowest BCUT2D eigenvalue weighted by atomic mass is 10.1. The molecule has 0 saturated carbocycles. The van der Waals surface area contributed by atoms with Crippen LogP contribution in [0.3, 0.4) is 0 Å². The maximum atomic E-state index is 5.69. The lowest BCUT2D eigenvalue weighted by Crippen LogP contribution is -2.31. The number of rotatable bonds is 5. The van der Waals surface area contributed by atoms with Crippen molar-refractivity contribution in [3.05, 3.63) is 18.2 Å². The van der Waals surface area contributed by atoms with Crippen molar-refractivity contribution in [1.82, 2.24) is 0 Å². The van der Waals surface area contributed by atoms with E-state index < -0.39 is 0 Å². The van der Waals surface area contributed by atoms with Gasteiger partial charge in [0, 0.05) is 18.7 Å². The fourth-order valence-corrected chi connectivity index (χ4v) is 2.67. The van der Waals surface area contributed by atoms with E-state index in [4.69, 9.17) is 15.2 Å². The molecule has 0 spiro atoms. The number of nitrogens with zero attached hydrogens (tertiary/aromatic N) is 1. The number of nitrogens with two attached hydrogens (primary N) is 1. The Hall–Kier alpha value is -1.42. The van der Waals surface area contributed by atoms with Crippen molar-refractivity contribution in [3.8, 4) is 11.5 Å². The molecule has 1 saturated heterocycles. The molecule has 1 heterocycles. The number of anilines is 1. The summed E-state index contributed by atoms with van der Waals surface area (Å²) in [6.45, 7) is 1.79. The van der Waals surface area contributed by atoms with Gasteiger partial charge in [-0.3, -0.25) is 0 Å². The van der Waals surface area contributed by atoms with Crippen molar-refractivity contribution in [2.45, 2.75) is 25.3 Å². The smallest absolute Gasteiger partial charge is 0.142 e. The molecular formula is C14H22N2O2. The van der Waals surface area contributed by atoms with Crippen LogP contribution in [-0.4, -0.2) is 33.4 Å². The number of hydrogen-bond donors (Lipinski definition) is 1. The summed E-state index contributed by atoms with van der Waals surface area (Å²) in [5, 5.41) is 0. The molecular weight excluding hydrogens is 228 g/mol. The van der Waals surface area contributed by atoms with Crippen molar-refractivity contribution in [2.75, 3.05) is 32.2 Å². The lowest BCUT2D eigenvalue weighted by molar-refractivity contribution is 0.402. The van der Waals surface area contributed by atoms with Gasteiger partial charge in [-0.05, 0) is 37.9 Å². The van der Waals surface area contributed by atoms with Crippen LogP contribution < -0.4 is 20.1 Å². The normalized spacial score (nSPS) is 19.1.